The Balaban J connectivity index is 3.03. The van der Waals surface area contributed by atoms with Gasteiger partial charge >= 0.3 is 18.0 Å². The molecule has 2 atom stereocenters. The summed E-state index contributed by atoms with van der Waals surface area (Å²) in [6.07, 6.45) is -0.423. The lowest BCUT2D eigenvalue weighted by Gasteiger charge is -2.29. The fraction of sp³-hybridized carbons (Fsp3) is 0.500. The number of carboxylic acid groups (broad SMARTS) is 2. The lowest BCUT2D eigenvalue weighted by Crippen LogP contribution is -2.48. The average molecular weight is 351 g/mol. The highest BCUT2D eigenvalue weighted by Crippen LogP contribution is 2.21. The van der Waals surface area contributed by atoms with Gasteiger partial charge in [0.05, 0.1) is 0 Å². The summed E-state index contributed by atoms with van der Waals surface area (Å²) in [5.74, 6) is -5.36. The molecule has 0 saturated carbocycles. The minimum absolute atomic E-state index is 0.290. The number of ether oxygens (including phenoxy) is 1. The van der Waals surface area contributed by atoms with Gasteiger partial charge in [-0.05, 0) is 32.8 Å². The average Bonchev–Trinajstić information content (AvgIpc) is 2.44. The Morgan fingerprint density at radius 1 is 1.08 bits per heavy atom. The summed E-state index contributed by atoms with van der Waals surface area (Å²) < 4.78 is 5.21. The summed E-state index contributed by atoms with van der Waals surface area (Å²) in [6.45, 7) is 6.62. The lowest BCUT2D eigenvalue weighted by atomic mass is 9.84. The van der Waals surface area contributed by atoms with Crippen LogP contribution in [0.5, 0.6) is 0 Å². The van der Waals surface area contributed by atoms with Gasteiger partial charge in [0.2, 0.25) is 0 Å². The molecule has 0 aliphatic carbocycles. The smallest absolute Gasteiger partial charge is 0.407 e. The van der Waals surface area contributed by atoms with E-state index in [1.165, 1.54) is 6.92 Å². The normalized spacial score (nSPS) is 13.8. The Bertz CT molecular complexity index is 594. The van der Waals surface area contributed by atoms with Gasteiger partial charge in [-0.2, -0.15) is 0 Å². The number of alkyl carbamates (subject to hydrolysis) is 1. The Morgan fingerprint density at radius 2 is 1.60 bits per heavy atom. The summed E-state index contributed by atoms with van der Waals surface area (Å²) in [5, 5.41) is 21.1. The van der Waals surface area contributed by atoms with Gasteiger partial charge in [0, 0.05) is 12.0 Å². The number of carbonyl (C=O) groups excluding carboxylic acids is 1. The van der Waals surface area contributed by atoms with Gasteiger partial charge in [-0.25, -0.2) is 4.79 Å². The number of aliphatic carboxylic acids is 2. The van der Waals surface area contributed by atoms with Crippen LogP contribution in [0.4, 0.5) is 4.79 Å². The quantitative estimate of drug-likeness (QED) is 0.651. The van der Waals surface area contributed by atoms with Gasteiger partial charge in [-0.15, -0.1) is 0 Å². The van der Waals surface area contributed by atoms with E-state index in [0.29, 0.717) is 0 Å². The molecule has 0 aliphatic rings. The topological polar surface area (TPSA) is 113 Å². The third kappa shape index (κ3) is 6.82. The fourth-order valence-corrected chi connectivity index (χ4v) is 2.48. The molecule has 0 saturated heterocycles. The van der Waals surface area contributed by atoms with Crippen LogP contribution in [-0.4, -0.2) is 39.9 Å². The second-order valence-corrected chi connectivity index (χ2v) is 6.96. The van der Waals surface area contributed by atoms with Crippen molar-refractivity contribution in [2.24, 2.45) is 11.8 Å². The summed E-state index contributed by atoms with van der Waals surface area (Å²) in [6, 6.07) is 8.40. The molecule has 0 heterocycles. The molecule has 0 bridgehead atoms. The molecule has 138 valence electrons. The first-order chi connectivity index (χ1) is 11.5. The highest BCUT2D eigenvalue weighted by atomic mass is 16.6. The molecule has 1 rings (SSSR count). The van der Waals surface area contributed by atoms with Crippen LogP contribution < -0.4 is 5.32 Å². The van der Waals surface area contributed by atoms with Crippen LogP contribution in [0.2, 0.25) is 0 Å². The van der Waals surface area contributed by atoms with E-state index < -0.39 is 41.5 Å². The summed E-state index contributed by atoms with van der Waals surface area (Å²) in [7, 11) is 0. The monoisotopic (exact) mass is 351 g/mol. The van der Waals surface area contributed by atoms with Gasteiger partial charge < -0.3 is 20.3 Å². The maximum Gasteiger partial charge on any atom is 0.407 e. The number of rotatable bonds is 7. The molecule has 0 aromatic heterocycles. The summed E-state index contributed by atoms with van der Waals surface area (Å²) in [4.78, 5) is 34.8. The molecule has 0 aliphatic heterocycles. The van der Waals surface area contributed by atoms with E-state index in [9.17, 15) is 24.6 Å². The van der Waals surface area contributed by atoms with E-state index in [1.54, 1.807) is 20.8 Å². The van der Waals surface area contributed by atoms with Crippen LogP contribution in [0.3, 0.4) is 0 Å². The fourth-order valence-electron chi connectivity index (χ4n) is 2.48. The van der Waals surface area contributed by atoms with E-state index in [4.69, 9.17) is 4.74 Å². The number of amides is 1. The van der Waals surface area contributed by atoms with Crippen molar-refractivity contribution in [2.75, 3.05) is 0 Å². The first kappa shape index (κ1) is 20.5. The zero-order valence-electron chi connectivity index (χ0n) is 14.9. The van der Waals surface area contributed by atoms with Crippen LogP contribution in [0, 0.1) is 11.8 Å². The standard InChI is InChI=1S/C18H25NO6/c1-11(14(15(20)21)16(22)23)13(10-12-8-6-5-7-9-12)19-17(24)25-18(2,3)4/h5-9,11,13-14H,10H2,1-4H3,(H,19,24)(H,20,21)(H,22,23). The van der Waals surface area contributed by atoms with Crippen molar-refractivity contribution in [3.05, 3.63) is 35.9 Å². The van der Waals surface area contributed by atoms with Gasteiger partial charge in [-0.3, -0.25) is 9.59 Å². The molecule has 1 aromatic rings. The second-order valence-electron chi connectivity index (χ2n) is 6.96. The predicted octanol–water partition coefficient (Wildman–Crippen LogP) is 2.54. The first-order valence-corrected chi connectivity index (χ1v) is 8.00. The zero-order chi connectivity index (χ0) is 19.2. The van der Waals surface area contributed by atoms with Crippen molar-refractivity contribution in [2.45, 2.75) is 45.8 Å². The molecular formula is C18H25NO6. The Labute approximate surface area is 147 Å². The third-order valence-corrected chi connectivity index (χ3v) is 3.69. The van der Waals surface area contributed by atoms with Crippen LogP contribution in [0.15, 0.2) is 30.3 Å². The van der Waals surface area contributed by atoms with Crippen LogP contribution in [-0.2, 0) is 20.7 Å². The third-order valence-electron chi connectivity index (χ3n) is 3.69. The molecule has 25 heavy (non-hydrogen) atoms. The number of hydrogen-bond acceptors (Lipinski definition) is 4. The van der Waals surface area contributed by atoms with Crippen molar-refractivity contribution < 1.29 is 29.3 Å². The number of benzene rings is 1. The van der Waals surface area contributed by atoms with Crippen LogP contribution in [0.25, 0.3) is 0 Å². The molecule has 0 spiro atoms. The number of carbonyl (C=O) groups is 3. The van der Waals surface area contributed by atoms with E-state index in [2.05, 4.69) is 5.32 Å². The second kappa shape index (κ2) is 8.50. The van der Waals surface area contributed by atoms with E-state index in [1.807, 2.05) is 30.3 Å². The molecule has 1 aromatic carbocycles. The molecule has 0 radical (unpaired) electrons. The number of nitrogens with one attached hydrogen (secondary N) is 1. The van der Waals surface area contributed by atoms with Crippen LogP contribution in [0.1, 0.15) is 33.3 Å². The van der Waals surface area contributed by atoms with E-state index in [-0.39, 0.29) is 6.42 Å². The minimum Gasteiger partial charge on any atom is -0.481 e. The lowest BCUT2D eigenvalue weighted by molar-refractivity contribution is -0.157. The molecule has 7 nitrogen and oxygen atoms in total. The van der Waals surface area contributed by atoms with Crippen molar-refractivity contribution in [3.63, 3.8) is 0 Å². The zero-order valence-corrected chi connectivity index (χ0v) is 14.9. The van der Waals surface area contributed by atoms with Gasteiger partial charge in [0.1, 0.15) is 5.60 Å². The highest BCUT2D eigenvalue weighted by molar-refractivity contribution is 5.93. The molecule has 0 fully saturated rings. The number of carboxylic acids is 2. The van der Waals surface area contributed by atoms with Crippen molar-refractivity contribution in [1.29, 1.82) is 0 Å². The van der Waals surface area contributed by atoms with E-state index in [0.717, 1.165) is 5.56 Å². The van der Waals surface area contributed by atoms with Gasteiger partial charge in [-0.1, -0.05) is 37.3 Å². The Kier molecular flexibility index (Phi) is 6.97. The van der Waals surface area contributed by atoms with Gasteiger partial charge in [0.15, 0.2) is 5.92 Å². The first-order valence-electron chi connectivity index (χ1n) is 8.00. The minimum atomic E-state index is -1.64. The Morgan fingerprint density at radius 3 is 2.04 bits per heavy atom. The highest BCUT2D eigenvalue weighted by Gasteiger charge is 2.38. The van der Waals surface area contributed by atoms with Crippen molar-refractivity contribution >= 4 is 18.0 Å². The maximum atomic E-state index is 12.1. The van der Waals surface area contributed by atoms with Crippen molar-refractivity contribution in [1.82, 2.24) is 5.32 Å². The molecule has 1 amide bonds. The predicted molar refractivity (Wildman–Crippen MR) is 91.2 cm³/mol. The van der Waals surface area contributed by atoms with Gasteiger partial charge in [0.25, 0.3) is 0 Å². The Hall–Kier alpha value is -2.57. The number of hydrogen-bond donors (Lipinski definition) is 3. The molecular weight excluding hydrogens is 326 g/mol. The SMILES string of the molecule is CC(C(Cc1ccccc1)NC(=O)OC(C)(C)C)C(C(=O)O)C(=O)O. The maximum absolute atomic E-state index is 12.1. The summed E-state index contributed by atoms with van der Waals surface area (Å²) >= 11 is 0. The molecule has 3 N–H and O–H groups in total. The van der Waals surface area contributed by atoms with Crippen molar-refractivity contribution in [3.8, 4) is 0 Å². The molecule has 7 heteroatoms. The summed E-state index contributed by atoms with van der Waals surface area (Å²) in [5.41, 5.74) is 0.133. The largest absolute Gasteiger partial charge is 0.481 e. The van der Waals surface area contributed by atoms with E-state index >= 15 is 0 Å². The van der Waals surface area contributed by atoms with Crippen LogP contribution >= 0.6 is 0 Å². The molecule has 2 unspecified atom stereocenters.